The third-order valence-electron chi connectivity index (χ3n) is 3.03. The first-order chi connectivity index (χ1) is 11.0. The smallest absolute Gasteiger partial charge is 0.335 e. The number of amides is 1. The van der Waals surface area contributed by atoms with E-state index in [1.54, 1.807) is 24.3 Å². The summed E-state index contributed by atoms with van der Waals surface area (Å²) in [6, 6.07) is 10.9. The molecule has 0 fully saturated rings. The Morgan fingerprint density at radius 3 is 2.65 bits per heavy atom. The van der Waals surface area contributed by atoms with E-state index in [1.165, 1.54) is 18.2 Å². The number of nitrogens with one attached hydrogen (secondary N) is 1. The van der Waals surface area contributed by atoms with Gasteiger partial charge in [0.2, 0.25) is 0 Å². The van der Waals surface area contributed by atoms with Gasteiger partial charge in [0.05, 0.1) is 22.9 Å². The third kappa shape index (κ3) is 4.47. The van der Waals surface area contributed by atoms with E-state index in [9.17, 15) is 9.59 Å². The number of carboxylic acid groups (broad SMARTS) is 1. The first-order valence-corrected chi connectivity index (χ1v) is 7.46. The second-order valence-electron chi connectivity index (χ2n) is 4.83. The van der Waals surface area contributed by atoms with Gasteiger partial charge in [-0.25, -0.2) is 4.79 Å². The van der Waals surface area contributed by atoms with Crippen molar-refractivity contribution in [3.63, 3.8) is 0 Å². The number of hydrogen-bond donors (Lipinski definition) is 2. The minimum atomic E-state index is -1.09. The molecule has 2 aromatic rings. The van der Waals surface area contributed by atoms with Crippen molar-refractivity contribution in [2.45, 2.75) is 13.3 Å². The number of aromatic carboxylic acids is 1. The number of carboxylic acids is 1. The second-order valence-corrected chi connectivity index (χ2v) is 5.24. The quantitative estimate of drug-likeness (QED) is 0.835. The number of benzene rings is 2. The highest BCUT2D eigenvalue weighted by Crippen LogP contribution is 2.24. The van der Waals surface area contributed by atoms with Crippen LogP contribution in [-0.2, 0) is 0 Å². The maximum absolute atomic E-state index is 12.3. The summed E-state index contributed by atoms with van der Waals surface area (Å²) in [7, 11) is 0. The normalized spacial score (nSPS) is 10.2. The zero-order chi connectivity index (χ0) is 16.8. The van der Waals surface area contributed by atoms with Gasteiger partial charge in [0, 0.05) is 5.56 Å². The van der Waals surface area contributed by atoms with E-state index in [4.69, 9.17) is 21.4 Å². The number of carbonyl (C=O) groups is 2. The average molecular weight is 334 g/mol. The zero-order valence-corrected chi connectivity index (χ0v) is 13.3. The molecule has 2 aromatic carbocycles. The molecule has 6 heteroatoms. The average Bonchev–Trinajstić information content (AvgIpc) is 2.55. The summed E-state index contributed by atoms with van der Waals surface area (Å²) in [6.45, 7) is 2.56. The maximum atomic E-state index is 12.3. The number of anilines is 1. The van der Waals surface area contributed by atoms with Crippen molar-refractivity contribution in [1.29, 1.82) is 0 Å². The number of carbonyl (C=O) groups excluding carboxylic acids is 1. The molecule has 0 radical (unpaired) electrons. The van der Waals surface area contributed by atoms with Crippen LogP contribution >= 0.6 is 11.6 Å². The van der Waals surface area contributed by atoms with Crippen LogP contribution in [0.3, 0.4) is 0 Å². The summed E-state index contributed by atoms with van der Waals surface area (Å²) in [5.74, 6) is -0.881. The lowest BCUT2D eigenvalue weighted by atomic mass is 10.1. The lowest BCUT2D eigenvalue weighted by molar-refractivity contribution is 0.0696. The molecular weight excluding hydrogens is 318 g/mol. The molecule has 0 saturated carbocycles. The Labute approximate surface area is 138 Å². The van der Waals surface area contributed by atoms with Crippen molar-refractivity contribution in [1.82, 2.24) is 0 Å². The fraction of sp³-hybridized carbons (Fsp3) is 0.176. The third-order valence-corrected chi connectivity index (χ3v) is 3.36. The zero-order valence-electron chi connectivity index (χ0n) is 12.5. The van der Waals surface area contributed by atoms with Crippen molar-refractivity contribution in [2.24, 2.45) is 0 Å². The van der Waals surface area contributed by atoms with E-state index in [0.29, 0.717) is 17.9 Å². The van der Waals surface area contributed by atoms with Crippen LogP contribution < -0.4 is 10.1 Å². The highest BCUT2D eigenvalue weighted by Gasteiger charge is 2.12. The van der Waals surface area contributed by atoms with Gasteiger partial charge in [-0.1, -0.05) is 24.6 Å². The minimum absolute atomic E-state index is 0.0460. The van der Waals surface area contributed by atoms with E-state index in [-0.39, 0.29) is 16.3 Å². The molecule has 2 N–H and O–H groups in total. The molecule has 0 heterocycles. The number of ether oxygens (including phenoxy) is 1. The molecule has 5 nitrogen and oxygen atoms in total. The molecule has 0 aliphatic heterocycles. The monoisotopic (exact) mass is 333 g/mol. The Morgan fingerprint density at radius 2 is 1.96 bits per heavy atom. The van der Waals surface area contributed by atoms with Crippen LogP contribution in [-0.4, -0.2) is 23.6 Å². The number of halogens is 1. The fourth-order valence-electron chi connectivity index (χ4n) is 1.90. The van der Waals surface area contributed by atoms with Gasteiger partial charge >= 0.3 is 5.97 Å². The molecule has 0 aromatic heterocycles. The molecular formula is C17H16ClNO4. The predicted octanol–water partition coefficient (Wildman–Crippen LogP) is 4.08. The first-order valence-electron chi connectivity index (χ1n) is 7.08. The summed E-state index contributed by atoms with van der Waals surface area (Å²) in [6.07, 6.45) is 0.869. The van der Waals surface area contributed by atoms with Gasteiger partial charge in [-0.2, -0.15) is 0 Å². The fourth-order valence-corrected chi connectivity index (χ4v) is 2.06. The first kappa shape index (κ1) is 16.8. The van der Waals surface area contributed by atoms with Crippen molar-refractivity contribution in [3.8, 4) is 5.75 Å². The summed E-state index contributed by atoms with van der Waals surface area (Å²) < 4.78 is 5.49. The van der Waals surface area contributed by atoms with Gasteiger partial charge in [-0.05, 0) is 42.8 Å². The molecule has 0 atom stereocenters. The second kappa shape index (κ2) is 7.65. The Morgan fingerprint density at radius 1 is 1.17 bits per heavy atom. The Hall–Kier alpha value is -2.53. The van der Waals surface area contributed by atoms with E-state index >= 15 is 0 Å². The van der Waals surface area contributed by atoms with Crippen LogP contribution in [0, 0.1) is 0 Å². The van der Waals surface area contributed by atoms with Gasteiger partial charge < -0.3 is 15.2 Å². The van der Waals surface area contributed by atoms with Crippen LogP contribution in [0.1, 0.15) is 34.1 Å². The van der Waals surface area contributed by atoms with E-state index in [2.05, 4.69) is 5.32 Å². The number of hydrogen-bond acceptors (Lipinski definition) is 3. The van der Waals surface area contributed by atoms with Gasteiger partial charge in [0.15, 0.2) is 0 Å². The van der Waals surface area contributed by atoms with Crippen molar-refractivity contribution in [2.75, 3.05) is 11.9 Å². The molecule has 0 spiro atoms. The van der Waals surface area contributed by atoms with E-state index < -0.39 is 11.9 Å². The van der Waals surface area contributed by atoms with Crippen LogP contribution in [0.15, 0.2) is 42.5 Å². The molecule has 2 rings (SSSR count). The molecule has 0 saturated heterocycles. The molecule has 0 aliphatic carbocycles. The molecule has 120 valence electrons. The Balaban J connectivity index is 2.19. The van der Waals surface area contributed by atoms with Crippen molar-refractivity contribution >= 4 is 29.2 Å². The summed E-state index contributed by atoms with van der Waals surface area (Å²) in [5.41, 5.74) is 0.691. The van der Waals surface area contributed by atoms with Gasteiger partial charge in [0.25, 0.3) is 5.91 Å². The molecule has 0 bridgehead atoms. The Bertz CT molecular complexity index is 730. The van der Waals surface area contributed by atoms with Gasteiger partial charge in [0.1, 0.15) is 5.75 Å². The summed E-state index contributed by atoms with van der Waals surface area (Å²) >= 11 is 6.00. The predicted molar refractivity (Wildman–Crippen MR) is 88.6 cm³/mol. The standard InChI is InChI=1S/C17H16ClNO4/c1-2-8-23-13-5-3-4-11(9-13)16(20)19-15-10-12(17(21)22)6-7-14(15)18/h3-7,9-10H,2,8H2,1H3,(H,19,20)(H,21,22). The lowest BCUT2D eigenvalue weighted by Crippen LogP contribution is -2.13. The molecule has 0 unspecified atom stereocenters. The van der Waals surface area contributed by atoms with Crippen LogP contribution in [0.25, 0.3) is 0 Å². The topological polar surface area (TPSA) is 75.6 Å². The minimum Gasteiger partial charge on any atom is -0.494 e. The molecule has 1 amide bonds. The van der Waals surface area contributed by atoms with Crippen LogP contribution in [0.2, 0.25) is 5.02 Å². The van der Waals surface area contributed by atoms with Crippen LogP contribution in [0.5, 0.6) is 5.75 Å². The highest BCUT2D eigenvalue weighted by atomic mass is 35.5. The Kier molecular flexibility index (Phi) is 5.60. The maximum Gasteiger partial charge on any atom is 0.335 e. The summed E-state index contributed by atoms with van der Waals surface area (Å²) in [5, 5.41) is 11.9. The van der Waals surface area contributed by atoms with Gasteiger partial charge in [-0.3, -0.25) is 4.79 Å². The summed E-state index contributed by atoms with van der Waals surface area (Å²) in [4.78, 5) is 23.3. The molecule has 0 aliphatic rings. The lowest BCUT2D eigenvalue weighted by Gasteiger charge is -2.10. The van der Waals surface area contributed by atoms with Gasteiger partial charge in [-0.15, -0.1) is 0 Å². The van der Waals surface area contributed by atoms with Crippen molar-refractivity contribution in [3.05, 3.63) is 58.6 Å². The molecule has 23 heavy (non-hydrogen) atoms. The van der Waals surface area contributed by atoms with E-state index in [1.807, 2.05) is 6.92 Å². The van der Waals surface area contributed by atoms with E-state index in [0.717, 1.165) is 6.42 Å². The SMILES string of the molecule is CCCOc1cccc(C(=O)Nc2cc(C(=O)O)ccc2Cl)c1. The largest absolute Gasteiger partial charge is 0.494 e. The highest BCUT2D eigenvalue weighted by molar-refractivity contribution is 6.34. The van der Waals surface area contributed by atoms with Crippen molar-refractivity contribution < 1.29 is 19.4 Å². The van der Waals surface area contributed by atoms with Crippen LogP contribution in [0.4, 0.5) is 5.69 Å². The number of rotatable bonds is 6.